The van der Waals surface area contributed by atoms with Gasteiger partial charge in [-0.05, 0) is 47.9 Å². The number of carbonyl (C=O) groups is 2. The second kappa shape index (κ2) is 12.6. The van der Waals surface area contributed by atoms with E-state index < -0.39 is 0 Å². The summed E-state index contributed by atoms with van der Waals surface area (Å²) in [5.41, 5.74) is 1.77. The molecule has 0 aliphatic carbocycles. The number of nitrogens with zero attached hydrogens (tertiary/aromatic N) is 1. The molecule has 0 saturated heterocycles. The molecule has 0 radical (unpaired) electrons. The highest BCUT2D eigenvalue weighted by atomic mass is 16.5. The predicted octanol–water partition coefficient (Wildman–Crippen LogP) is 2.11. The second-order valence-electron chi connectivity index (χ2n) is 7.24. The van der Waals surface area contributed by atoms with Crippen molar-refractivity contribution in [3.63, 3.8) is 0 Å². The lowest BCUT2D eigenvalue weighted by Crippen LogP contribution is -2.37. The molecule has 8 nitrogen and oxygen atoms in total. The largest absolute Gasteiger partial charge is 0.504 e. The summed E-state index contributed by atoms with van der Waals surface area (Å²) in [6.45, 7) is 5.47. The topological polar surface area (TPSA) is 117 Å². The number of aromatic hydroxyl groups is 1. The molecule has 2 rings (SSSR count). The Balaban J connectivity index is 2.57. The maximum absolute atomic E-state index is 13.4. The van der Waals surface area contributed by atoms with Crippen LogP contribution in [0.3, 0.4) is 0 Å². The van der Waals surface area contributed by atoms with Gasteiger partial charge in [0, 0.05) is 24.2 Å². The molecule has 0 aromatic heterocycles. The normalized spacial score (nSPS) is 10.5. The molecular weight excluding hydrogens is 426 g/mol. The van der Waals surface area contributed by atoms with Crippen LogP contribution >= 0.6 is 0 Å². The van der Waals surface area contributed by atoms with Gasteiger partial charge in [-0.1, -0.05) is 19.6 Å². The summed E-state index contributed by atoms with van der Waals surface area (Å²) < 4.78 is 10.8. The highest BCUT2D eigenvalue weighted by Gasteiger charge is 2.24. The second-order valence-corrected chi connectivity index (χ2v) is 7.24. The van der Waals surface area contributed by atoms with E-state index in [0.717, 1.165) is 0 Å². The zero-order valence-corrected chi connectivity index (χ0v) is 19.0. The number of amides is 1. The van der Waals surface area contributed by atoms with E-state index in [1.807, 2.05) is 6.92 Å². The van der Waals surface area contributed by atoms with E-state index in [-0.39, 0.29) is 68.1 Å². The minimum Gasteiger partial charge on any atom is -0.504 e. The van der Waals surface area contributed by atoms with Gasteiger partial charge in [0.25, 0.3) is 0 Å². The van der Waals surface area contributed by atoms with Crippen LogP contribution in [0.1, 0.15) is 34.0 Å². The molecule has 0 spiro atoms. The van der Waals surface area contributed by atoms with Crippen molar-refractivity contribution in [1.29, 1.82) is 0 Å². The van der Waals surface area contributed by atoms with Crippen LogP contribution in [0.5, 0.6) is 17.2 Å². The quantitative estimate of drug-likeness (QED) is 0.312. The molecule has 0 saturated carbocycles. The van der Waals surface area contributed by atoms with E-state index in [2.05, 4.69) is 6.58 Å². The lowest BCUT2D eigenvalue weighted by atomic mass is 9.90. The number of ketones is 1. The maximum Gasteiger partial charge on any atom is 0.227 e. The van der Waals surface area contributed by atoms with Crippen LogP contribution in [-0.4, -0.2) is 71.9 Å². The Morgan fingerprint density at radius 1 is 1.06 bits per heavy atom. The van der Waals surface area contributed by atoms with E-state index in [1.165, 1.54) is 24.1 Å². The molecule has 0 atom stereocenters. The third-order valence-electron chi connectivity index (χ3n) is 5.20. The van der Waals surface area contributed by atoms with Gasteiger partial charge in [0.15, 0.2) is 17.3 Å². The van der Waals surface area contributed by atoms with Gasteiger partial charge < -0.3 is 29.7 Å². The van der Waals surface area contributed by atoms with E-state index in [0.29, 0.717) is 28.9 Å². The van der Waals surface area contributed by atoms with Crippen LogP contribution in [0.2, 0.25) is 0 Å². The number of ether oxygens (including phenoxy) is 2. The van der Waals surface area contributed by atoms with Gasteiger partial charge in [0.05, 0.1) is 26.7 Å². The number of benzene rings is 2. The molecule has 33 heavy (non-hydrogen) atoms. The van der Waals surface area contributed by atoms with Crippen molar-refractivity contribution in [3.05, 3.63) is 65.2 Å². The SMILES string of the molecule is C=CCOc1ccc(C(=O)c2ccc(OC)c(O)c2)c(CC(=O)N(CCO)CCO)c1CC. The molecule has 0 aliphatic heterocycles. The number of hydrogen-bond donors (Lipinski definition) is 3. The van der Waals surface area contributed by atoms with E-state index >= 15 is 0 Å². The Hall–Kier alpha value is -3.36. The lowest BCUT2D eigenvalue weighted by Gasteiger charge is -2.23. The number of rotatable bonds is 13. The van der Waals surface area contributed by atoms with Crippen LogP contribution in [0.15, 0.2) is 43.0 Å². The zero-order chi connectivity index (χ0) is 24.4. The smallest absolute Gasteiger partial charge is 0.227 e. The van der Waals surface area contributed by atoms with Crippen molar-refractivity contribution in [2.45, 2.75) is 19.8 Å². The Kier molecular flexibility index (Phi) is 9.90. The lowest BCUT2D eigenvalue weighted by molar-refractivity contribution is -0.131. The summed E-state index contributed by atoms with van der Waals surface area (Å²) in [5.74, 6) is -0.0743. The minimum absolute atomic E-state index is 0.0726. The van der Waals surface area contributed by atoms with Crippen LogP contribution in [0.25, 0.3) is 0 Å². The zero-order valence-electron chi connectivity index (χ0n) is 19.0. The molecule has 0 bridgehead atoms. The van der Waals surface area contributed by atoms with Crippen molar-refractivity contribution < 1.29 is 34.4 Å². The van der Waals surface area contributed by atoms with E-state index in [1.54, 1.807) is 24.3 Å². The summed E-state index contributed by atoms with van der Waals surface area (Å²) >= 11 is 0. The fraction of sp³-hybridized carbons (Fsp3) is 0.360. The Morgan fingerprint density at radius 2 is 1.73 bits per heavy atom. The highest BCUT2D eigenvalue weighted by molar-refractivity contribution is 6.11. The van der Waals surface area contributed by atoms with Crippen molar-refractivity contribution in [2.24, 2.45) is 0 Å². The fourth-order valence-electron chi connectivity index (χ4n) is 3.61. The molecule has 178 valence electrons. The van der Waals surface area contributed by atoms with Crippen LogP contribution in [0, 0.1) is 0 Å². The standard InChI is InChI=1S/C25H31NO7/c1-4-14-33-22-9-7-19(25(31)17-6-8-23(32-3)21(29)15-17)20(18(22)5-2)16-24(30)26(10-12-27)11-13-28/h4,6-9,15,27-29H,1,5,10-14,16H2,2-3H3. The third kappa shape index (κ3) is 6.34. The van der Waals surface area contributed by atoms with Gasteiger partial charge in [-0.25, -0.2) is 0 Å². The van der Waals surface area contributed by atoms with Gasteiger partial charge in [-0.2, -0.15) is 0 Å². The predicted molar refractivity (Wildman–Crippen MR) is 124 cm³/mol. The summed E-state index contributed by atoms with van der Waals surface area (Å²) in [4.78, 5) is 27.8. The molecule has 0 aliphatic rings. The van der Waals surface area contributed by atoms with E-state index in [9.17, 15) is 24.9 Å². The molecule has 0 unspecified atom stereocenters. The molecular formula is C25H31NO7. The number of aliphatic hydroxyl groups excluding tert-OH is 2. The van der Waals surface area contributed by atoms with Crippen molar-refractivity contribution >= 4 is 11.7 Å². The van der Waals surface area contributed by atoms with Gasteiger partial charge in [-0.3, -0.25) is 9.59 Å². The van der Waals surface area contributed by atoms with Crippen molar-refractivity contribution in [3.8, 4) is 17.2 Å². The van der Waals surface area contributed by atoms with Gasteiger partial charge >= 0.3 is 0 Å². The van der Waals surface area contributed by atoms with Gasteiger partial charge in [0.1, 0.15) is 12.4 Å². The summed E-state index contributed by atoms with van der Waals surface area (Å²) in [5, 5.41) is 28.7. The third-order valence-corrected chi connectivity index (χ3v) is 5.20. The minimum atomic E-state index is -0.364. The number of hydrogen-bond acceptors (Lipinski definition) is 7. The molecule has 3 N–H and O–H groups in total. The number of aliphatic hydroxyl groups is 2. The average molecular weight is 458 g/mol. The number of carbonyl (C=O) groups excluding carboxylic acids is 2. The van der Waals surface area contributed by atoms with Crippen molar-refractivity contribution in [2.75, 3.05) is 40.0 Å². The molecule has 8 heteroatoms. The first-order valence-electron chi connectivity index (χ1n) is 10.7. The van der Waals surface area contributed by atoms with E-state index in [4.69, 9.17) is 9.47 Å². The summed E-state index contributed by atoms with van der Waals surface area (Å²) in [6.07, 6.45) is 2.00. The summed E-state index contributed by atoms with van der Waals surface area (Å²) in [6, 6.07) is 7.66. The maximum atomic E-state index is 13.4. The first kappa shape index (κ1) is 25.9. The Morgan fingerprint density at radius 3 is 2.27 bits per heavy atom. The fourth-order valence-corrected chi connectivity index (χ4v) is 3.61. The molecule has 1 amide bonds. The van der Waals surface area contributed by atoms with Crippen LogP contribution in [-0.2, 0) is 17.6 Å². The highest BCUT2D eigenvalue weighted by Crippen LogP contribution is 2.31. The van der Waals surface area contributed by atoms with Crippen molar-refractivity contribution in [1.82, 2.24) is 4.90 Å². The first-order valence-corrected chi connectivity index (χ1v) is 10.7. The molecule has 0 heterocycles. The number of methoxy groups -OCH3 is 1. The Bertz CT molecular complexity index is 981. The van der Waals surface area contributed by atoms with Gasteiger partial charge in [-0.15, -0.1) is 0 Å². The molecule has 2 aromatic rings. The monoisotopic (exact) mass is 457 g/mol. The van der Waals surface area contributed by atoms with Crippen LogP contribution in [0.4, 0.5) is 0 Å². The average Bonchev–Trinajstić information content (AvgIpc) is 2.82. The Labute approximate surface area is 193 Å². The molecule has 0 fully saturated rings. The first-order chi connectivity index (χ1) is 15.9. The summed E-state index contributed by atoms with van der Waals surface area (Å²) in [7, 11) is 1.42. The van der Waals surface area contributed by atoms with Crippen LogP contribution < -0.4 is 9.47 Å². The number of phenols is 1. The van der Waals surface area contributed by atoms with Gasteiger partial charge in [0.2, 0.25) is 5.91 Å². The number of phenolic OH excluding ortho intramolecular Hbond substituents is 1. The molecule has 2 aromatic carbocycles.